The molecule has 0 bridgehead atoms. The van der Waals surface area contributed by atoms with Crippen molar-refractivity contribution in [3.63, 3.8) is 0 Å². The summed E-state index contributed by atoms with van der Waals surface area (Å²) in [7, 11) is 0. The van der Waals surface area contributed by atoms with Crippen LogP contribution in [-0.2, 0) is 5.41 Å². The van der Waals surface area contributed by atoms with Crippen molar-refractivity contribution in [2.45, 2.75) is 51.9 Å². The maximum absolute atomic E-state index is 2.51. The number of hydrogen-bond donors (Lipinski definition) is 0. The Labute approximate surface area is 227 Å². The van der Waals surface area contributed by atoms with Crippen LogP contribution in [0.5, 0.6) is 0 Å². The average Bonchev–Trinajstić information content (AvgIpc) is 3.24. The first-order valence-electron chi connectivity index (χ1n) is 14.1. The average molecular weight is 493 g/mol. The molecule has 0 fully saturated rings. The molecule has 0 aromatic heterocycles. The Morgan fingerprint density at radius 1 is 0.684 bits per heavy atom. The Kier molecular flexibility index (Phi) is 6.50. The molecule has 38 heavy (non-hydrogen) atoms. The molecule has 1 aliphatic carbocycles. The first-order chi connectivity index (χ1) is 18.6. The van der Waals surface area contributed by atoms with E-state index in [4.69, 9.17) is 0 Å². The van der Waals surface area contributed by atoms with Crippen LogP contribution in [0.15, 0.2) is 115 Å². The third kappa shape index (κ3) is 3.91. The van der Waals surface area contributed by atoms with E-state index in [2.05, 4.69) is 136 Å². The molecular weight excluding hydrogens is 456 g/mol. The predicted molar refractivity (Wildman–Crippen MR) is 164 cm³/mol. The molecule has 0 saturated carbocycles. The summed E-state index contributed by atoms with van der Waals surface area (Å²) in [5.74, 6) is 0. The minimum Gasteiger partial charge on any atom is -0.0727 e. The van der Waals surface area contributed by atoms with E-state index >= 15 is 0 Å². The van der Waals surface area contributed by atoms with Crippen molar-refractivity contribution in [3.05, 3.63) is 148 Å². The molecule has 0 unspecified atom stereocenters. The van der Waals surface area contributed by atoms with Crippen molar-refractivity contribution in [2.75, 3.05) is 0 Å². The minimum absolute atomic E-state index is 0.373. The van der Waals surface area contributed by atoms with E-state index in [1.807, 2.05) is 0 Å². The van der Waals surface area contributed by atoms with Gasteiger partial charge in [-0.15, -0.1) is 0 Å². The molecule has 1 aliphatic rings. The number of benzene rings is 5. The van der Waals surface area contributed by atoms with Crippen LogP contribution in [0.25, 0.3) is 28.0 Å². The number of allylic oxidation sites excluding steroid dienone is 1. The zero-order valence-electron chi connectivity index (χ0n) is 22.8. The van der Waals surface area contributed by atoms with Gasteiger partial charge in [-0.25, -0.2) is 0 Å². The molecule has 0 spiro atoms. The van der Waals surface area contributed by atoms with Crippen molar-refractivity contribution < 1.29 is 0 Å². The Morgan fingerprint density at radius 2 is 1.32 bits per heavy atom. The molecule has 0 saturated heterocycles. The van der Waals surface area contributed by atoms with Gasteiger partial charge in [0.15, 0.2) is 0 Å². The zero-order valence-corrected chi connectivity index (χ0v) is 22.8. The fraction of sp³-hybridized carbons (Fsp3) is 0.211. The summed E-state index contributed by atoms with van der Waals surface area (Å²) in [5.41, 5.74) is 11.9. The van der Waals surface area contributed by atoms with E-state index in [0.717, 1.165) is 6.42 Å². The van der Waals surface area contributed by atoms with Crippen LogP contribution < -0.4 is 0 Å². The van der Waals surface area contributed by atoms with E-state index in [1.165, 1.54) is 80.1 Å². The lowest BCUT2D eigenvalue weighted by Crippen LogP contribution is -2.28. The molecule has 0 nitrogen and oxygen atoms in total. The van der Waals surface area contributed by atoms with Gasteiger partial charge < -0.3 is 0 Å². The Bertz CT molecular complexity index is 1580. The summed E-state index contributed by atoms with van der Waals surface area (Å²) >= 11 is 0. The van der Waals surface area contributed by atoms with Gasteiger partial charge in [0.25, 0.3) is 0 Å². The van der Waals surface area contributed by atoms with Crippen LogP contribution in [0.4, 0.5) is 0 Å². The zero-order chi connectivity index (χ0) is 26.1. The van der Waals surface area contributed by atoms with E-state index in [-0.39, 0.29) is 5.41 Å². The van der Waals surface area contributed by atoms with Crippen molar-refractivity contribution in [1.29, 1.82) is 0 Å². The number of unbranched alkanes of at least 4 members (excludes halogenated alkanes) is 2. The maximum atomic E-state index is 2.51. The van der Waals surface area contributed by atoms with Gasteiger partial charge in [0.2, 0.25) is 0 Å². The molecule has 0 heteroatoms. The Hall–Kier alpha value is -3.90. The SMILES string of the molecule is CCCCCC(C)=Cc1cc2c(c3ccccc13)-c1ccc(C)cc1C2(c1ccccc1)c1ccccc1. The molecule has 0 atom stereocenters. The van der Waals surface area contributed by atoms with Crippen LogP contribution in [0.1, 0.15) is 72.9 Å². The van der Waals surface area contributed by atoms with Crippen molar-refractivity contribution in [3.8, 4) is 11.1 Å². The van der Waals surface area contributed by atoms with Gasteiger partial charge in [-0.1, -0.05) is 140 Å². The largest absolute Gasteiger partial charge is 0.0727 e. The standard InChI is InChI=1S/C38H36/c1-4-5-8-15-27(2)24-29-26-36-37(33-21-14-13-20-32(29)33)34-23-22-28(3)25-35(34)38(36,30-16-9-6-10-17-30)31-18-11-7-12-19-31/h6-7,9-14,16-26H,4-5,8,15H2,1-3H3. The van der Waals surface area contributed by atoms with Crippen LogP contribution in [0, 0.1) is 6.92 Å². The smallest absolute Gasteiger partial charge is 0.0714 e. The number of rotatable bonds is 7. The van der Waals surface area contributed by atoms with Gasteiger partial charge in [-0.3, -0.25) is 0 Å². The van der Waals surface area contributed by atoms with Crippen LogP contribution >= 0.6 is 0 Å². The van der Waals surface area contributed by atoms with Crippen molar-refractivity contribution in [1.82, 2.24) is 0 Å². The van der Waals surface area contributed by atoms with E-state index in [0.29, 0.717) is 0 Å². The summed E-state index contributed by atoms with van der Waals surface area (Å²) in [5, 5.41) is 2.68. The van der Waals surface area contributed by atoms with Gasteiger partial charge in [-0.05, 0) is 82.5 Å². The van der Waals surface area contributed by atoms with Gasteiger partial charge in [0.1, 0.15) is 0 Å². The highest BCUT2D eigenvalue weighted by Gasteiger charge is 2.47. The highest BCUT2D eigenvalue weighted by molar-refractivity contribution is 6.07. The van der Waals surface area contributed by atoms with E-state index < -0.39 is 0 Å². The molecule has 188 valence electrons. The molecular formula is C38H36. The topological polar surface area (TPSA) is 0 Å². The second kappa shape index (κ2) is 10.1. The molecule has 0 amide bonds. The minimum atomic E-state index is -0.373. The fourth-order valence-electron chi connectivity index (χ4n) is 6.60. The molecule has 6 rings (SSSR count). The third-order valence-corrected chi connectivity index (χ3v) is 8.32. The normalized spacial score (nSPS) is 13.9. The Balaban J connectivity index is 1.74. The molecule has 0 heterocycles. The lowest BCUT2D eigenvalue weighted by molar-refractivity contribution is 0.715. The first kappa shape index (κ1) is 24.4. The van der Waals surface area contributed by atoms with Crippen LogP contribution in [-0.4, -0.2) is 0 Å². The first-order valence-corrected chi connectivity index (χ1v) is 14.1. The summed E-state index contributed by atoms with van der Waals surface area (Å²) in [6, 6.07) is 40.8. The second-order valence-electron chi connectivity index (χ2n) is 10.9. The Morgan fingerprint density at radius 3 is 1.97 bits per heavy atom. The molecule has 5 aromatic rings. The van der Waals surface area contributed by atoms with Gasteiger partial charge in [-0.2, -0.15) is 0 Å². The monoisotopic (exact) mass is 492 g/mol. The summed E-state index contributed by atoms with van der Waals surface area (Å²) in [4.78, 5) is 0. The lowest BCUT2D eigenvalue weighted by atomic mass is 9.67. The summed E-state index contributed by atoms with van der Waals surface area (Å²) in [6.07, 6.45) is 7.40. The summed E-state index contributed by atoms with van der Waals surface area (Å²) in [6.45, 7) is 6.80. The maximum Gasteiger partial charge on any atom is 0.0714 e. The van der Waals surface area contributed by atoms with E-state index in [9.17, 15) is 0 Å². The van der Waals surface area contributed by atoms with Crippen molar-refractivity contribution >= 4 is 16.8 Å². The van der Waals surface area contributed by atoms with Gasteiger partial charge in [0.05, 0.1) is 5.41 Å². The molecule has 0 aliphatic heterocycles. The van der Waals surface area contributed by atoms with Crippen LogP contribution in [0.3, 0.4) is 0 Å². The van der Waals surface area contributed by atoms with E-state index in [1.54, 1.807) is 0 Å². The van der Waals surface area contributed by atoms with Crippen molar-refractivity contribution in [2.24, 2.45) is 0 Å². The highest BCUT2D eigenvalue weighted by Crippen LogP contribution is 2.58. The van der Waals surface area contributed by atoms with Gasteiger partial charge >= 0.3 is 0 Å². The quantitative estimate of drug-likeness (QED) is 0.194. The molecule has 0 N–H and O–H groups in total. The fourth-order valence-corrected chi connectivity index (χ4v) is 6.60. The predicted octanol–water partition coefficient (Wildman–Crippen LogP) is 10.5. The van der Waals surface area contributed by atoms with Gasteiger partial charge in [0, 0.05) is 0 Å². The summed E-state index contributed by atoms with van der Waals surface area (Å²) < 4.78 is 0. The number of fused-ring (bicyclic) bond motifs is 5. The third-order valence-electron chi connectivity index (χ3n) is 8.32. The second-order valence-corrected chi connectivity index (χ2v) is 10.9. The van der Waals surface area contributed by atoms with Crippen LogP contribution in [0.2, 0.25) is 0 Å². The number of hydrogen-bond acceptors (Lipinski definition) is 0. The number of aryl methyl sites for hydroxylation is 1. The molecule has 0 radical (unpaired) electrons. The molecule has 5 aromatic carbocycles. The highest BCUT2D eigenvalue weighted by atomic mass is 14.5. The lowest BCUT2D eigenvalue weighted by Gasteiger charge is -2.34.